The molecule has 4 rings (SSSR count). The molecule has 1 aliphatic rings. The molecule has 1 aliphatic heterocycles. The molecule has 1 fully saturated rings. The highest BCUT2D eigenvalue weighted by atomic mass is 19.1. The predicted octanol–water partition coefficient (Wildman–Crippen LogP) is 2.88. The molecule has 0 atom stereocenters. The Hall–Kier alpha value is -3.42. The van der Waals surface area contributed by atoms with Gasteiger partial charge < -0.3 is 14.2 Å². The maximum Gasteiger partial charge on any atom is 0.272 e. The Labute approximate surface area is 167 Å². The van der Waals surface area contributed by atoms with Gasteiger partial charge in [-0.3, -0.25) is 9.59 Å². The van der Waals surface area contributed by atoms with Crippen molar-refractivity contribution in [3.05, 3.63) is 59.7 Å². The fourth-order valence-electron chi connectivity index (χ4n) is 3.39. The van der Waals surface area contributed by atoms with Crippen LogP contribution in [0.4, 0.5) is 4.39 Å². The number of piperazine rings is 1. The quantitative estimate of drug-likeness (QED) is 0.683. The fourth-order valence-corrected chi connectivity index (χ4v) is 3.39. The Balaban J connectivity index is 1.69. The van der Waals surface area contributed by atoms with E-state index in [-0.39, 0.29) is 17.6 Å². The van der Waals surface area contributed by atoms with E-state index in [9.17, 15) is 14.0 Å². The van der Waals surface area contributed by atoms with Crippen molar-refractivity contribution in [2.75, 3.05) is 26.2 Å². The third kappa shape index (κ3) is 3.78. The van der Waals surface area contributed by atoms with Crippen LogP contribution < -0.4 is 0 Å². The summed E-state index contributed by atoms with van der Waals surface area (Å²) in [5, 5.41) is 4.54. The first kappa shape index (κ1) is 18.9. The highest BCUT2D eigenvalue weighted by molar-refractivity contribution is 5.94. The highest BCUT2D eigenvalue weighted by Gasteiger charge is 2.27. The lowest BCUT2D eigenvalue weighted by Crippen LogP contribution is -2.50. The molecular formula is C21H21FN4O3. The molecule has 2 amide bonds. The van der Waals surface area contributed by atoms with E-state index in [0.29, 0.717) is 49.0 Å². The lowest BCUT2D eigenvalue weighted by atomic mass is 10.2. The number of amides is 2. The number of carbonyl (C=O) groups excluding carboxylic acids is 2. The lowest BCUT2D eigenvalue weighted by Gasteiger charge is -2.34. The molecule has 3 heterocycles. The fraction of sp³-hybridized carbons (Fsp3) is 0.286. The first-order chi connectivity index (χ1) is 13.9. The van der Waals surface area contributed by atoms with E-state index < -0.39 is 0 Å². The average molecular weight is 396 g/mol. The second-order valence-electron chi connectivity index (χ2n) is 7.01. The zero-order chi connectivity index (χ0) is 20.5. The summed E-state index contributed by atoms with van der Waals surface area (Å²) in [7, 11) is 0. The monoisotopic (exact) mass is 396 g/mol. The van der Waals surface area contributed by atoms with Crippen molar-refractivity contribution in [1.82, 2.24) is 19.6 Å². The summed E-state index contributed by atoms with van der Waals surface area (Å²) in [5.41, 5.74) is 1.46. The zero-order valence-electron chi connectivity index (χ0n) is 16.3. The van der Waals surface area contributed by atoms with Crippen molar-refractivity contribution < 1.29 is 18.4 Å². The number of rotatable bonds is 3. The van der Waals surface area contributed by atoms with E-state index in [1.807, 2.05) is 13.0 Å². The van der Waals surface area contributed by atoms with Gasteiger partial charge in [0.25, 0.3) is 5.91 Å². The Bertz CT molecular complexity index is 1050. The van der Waals surface area contributed by atoms with Crippen LogP contribution >= 0.6 is 0 Å². The van der Waals surface area contributed by atoms with Gasteiger partial charge in [0.05, 0.1) is 5.69 Å². The molecule has 0 radical (unpaired) electrons. The van der Waals surface area contributed by atoms with Gasteiger partial charge >= 0.3 is 0 Å². The molecule has 0 aliphatic carbocycles. The number of aromatic nitrogens is 2. The summed E-state index contributed by atoms with van der Waals surface area (Å²) in [5.74, 6) is 0.739. The smallest absolute Gasteiger partial charge is 0.272 e. The highest BCUT2D eigenvalue weighted by Crippen LogP contribution is 2.25. The summed E-state index contributed by atoms with van der Waals surface area (Å²) < 4.78 is 20.5. The summed E-state index contributed by atoms with van der Waals surface area (Å²) in [6.07, 6.45) is 0. The van der Waals surface area contributed by atoms with Gasteiger partial charge in [0.2, 0.25) is 5.91 Å². The Morgan fingerprint density at radius 1 is 1.00 bits per heavy atom. The number of nitrogens with zero attached hydrogens (tertiary/aromatic N) is 4. The summed E-state index contributed by atoms with van der Waals surface area (Å²) in [4.78, 5) is 28.2. The minimum absolute atomic E-state index is 0.00364. The number of aryl methyl sites for hydroxylation is 1. The number of furan rings is 1. The number of halogens is 1. The maximum absolute atomic E-state index is 13.4. The zero-order valence-corrected chi connectivity index (χ0v) is 16.3. The van der Waals surface area contributed by atoms with E-state index in [1.54, 1.807) is 34.1 Å². The molecule has 29 heavy (non-hydrogen) atoms. The van der Waals surface area contributed by atoms with Crippen molar-refractivity contribution in [2.45, 2.75) is 13.8 Å². The summed E-state index contributed by atoms with van der Waals surface area (Å²) >= 11 is 0. The van der Waals surface area contributed by atoms with Gasteiger partial charge in [-0.1, -0.05) is 0 Å². The van der Waals surface area contributed by atoms with Crippen LogP contribution in [0.15, 0.2) is 46.9 Å². The molecule has 0 spiro atoms. The van der Waals surface area contributed by atoms with Crippen molar-refractivity contribution in [3.8, 4) is 17.1 Å². The van der Waals surface area contributed by atoms with E-state index in [4.69, 9.17) is 4.42 Å². The molecule has 8 heteroatoms. The molecule has 0 unspecified atom stereocenters. The molecular weight excluding hydrogens is 375 g/mol. The number of carbonyl (C=O) groups is 2. The average Bonchev–Trinajstić information content (AvgIpc) is 3.34. The second-order valence-corrected chi connectivity index (χ2v) is 7.01. The van der Waals surface area contributed by atoms with Crippen molar-refractivity contribution in [1.29, 1.82) is 0 Å². The summed E-state index contributed by atoms with van der Waals surface area (Å²) in [6, 6.07) is 11.1. The second kappa shape index (κ2) is 7.54. The largest absolute Gasteiger partial charge is 0.460 e. The minimum atomic E-state index is -0.365. The normalized spacial score (nSPS) is 14.3. The third-order valence-electron chi connectivity index (χ3n) is 5.00. The number of hydrogen-bond acceptors (Lipinski definition) is 4. The van der Waals surface area contributed by atoms with Crippen molar-refractivity contribution >= 4 is 11.8 Å². The van der Waals surface area contributed by atoms with Crippen LogP contribution in [0.1, 0.15) is 23.2 Å². The number of benzene rings is 1. The van der Waals surface area contributed by atoms with E-state index in [0.717, 1.165) is 5.76 Å². The van der Waals surface area contributed by atoms with Gasteiger partial charge in [-0.25, -0.2) is 9.07 Å². The molecule has 0 N–H and O–H groups in total. The molecule has 7 nitrogen and oxygen atoms in total. The molecule has 0 bridgehead atoms. The van der Waals surface area contributed by atoms with Crippen LogP contribution in [0.5, 0.6) is 0 Å². The van der Waals surface area contributed by atoms with Gasteiger partial charge in [-0.15, -0.1) is 0 Å². The first-order valence-electron chi connectivity index (χ1n) is 9.40. The Morgan fingerprint density at radius 2 is 1.66 bits per heavy atom. The summed E-state index contributed by atoms with van der Waals surface area (Å²) in [6.45, 7) is 5.25. The first-order valence-corrected chi connectivity index (χ1v) is 9.40. The van der Waals surface area contributed by atoms with Gasteiger partial charge in [0.1, 0.15) is 23.0 Å². The van der Waals surface area contributed by atoms with Crippen molar-refractivity contribution in [2.24, 2.45) is 0 Å². The minimum Gasteiger partial charge on any atom is -0.460 e. The predicted molar refractivity (Wildman–Crippen MR) is 104 cm³/mol. The van der Waals surface area contributed by atoms with Gasteiger partial charge in [-0.2, -0.15) is 5.10 Å². The van der Waals surface area contributed by atoms with Gasteiger partial charge in [0, 0.05) is 39.2 Å². The topological polar surface area (TPSA) is 71.6 Å². The van der Waals surface area contributed by atoms with Gasteiger partial charge in [0.15, 0.2) is 5.76 Å². The Kier molecular flexibility index (Phi) is 4.92. The van der Waals surface area contributed by atoms with E-state index in [2.05, 4.69) is 5.10 Å². The molecule has 0 saturated carbocycles. The molecule has 1 saturated heterocycles. The third-order valence-corrected chi connectivity index (χ3v) is 5.00. The SMILES string of the molecule is CC(=O)N1CCN(C(=O)c2cc(-c3ccc(C)o3)nn2-c2ccc(F)cc2)CC1. The van der Waals surface area contributed by atoms with Crippen LogP contribution in [0.2, 0.25) is 0 Å². The van der Waals surface area contributed by atoms with Crippen LogP contribution in [-0.2, 0) is 4.79 Å². The van der Waals surface area contributed by atoms with Crippen LogP contribution in [0.3, 0.4) is 0 Å². The molecule has 1 aromatic carbocycles. The van der Waals surface area contributed by atoms with Crippen molar-refractivity contribution in [3.63, 3.8) is 0 Å². The standard InChI is InChI=1S/C21H21FN4O3/c1-14-3-8-20(29-14)18-13-19(26(23-18)17-6-4-16(22)5-7-17)21(28)25-11-9-24(10-12-25)15(2)27/h3-8,13H,9-12H2,1-2H3. The Morgan fingerprint density at radius 3 is 2.24 bits per heavy atom. The van der Waals surface area contributed by atoms with E-state index >= 15 is 0 Å². The number of hydrogen-bond donors (Lipinski definition) is 0. The van der Waals surface area contributed by atoms with E-state index in [1.165, 1.54) is 23.7 Å². The maximum atomic E-state index is 13.4. The van der Waals surface area contributed by atoms with Crippen LogP contribution in [-0.4, -0.2) is 57.6 Å². The van der Waals surface area contributed by atoms with Gasteiger partial charge in [-0.05, 0) is 43.3 Å². The molecule has 150 valence electrons. The molecule has 3 aromatic rings. The lowest BCUT2D eigenvalue weighted by molar-refractivity contribution is -0.130. The van der Waals surface area contributed by atoms with Crippen LogP contribution in [0, 0.1) is 12.7 Å². The molecule has 2 aromatic heterocycles. The van der Waals surface area contributed by atoms with Crippen LogP contribution in [0.25, 0.3) is 17.1 Å².